The van der Waals surface area contributed by atoms with Crippen LogP contribution in [0, 0.1) is 0 Å². The molecule has 0 radical (unpaired) electrons. The number of hydrogen-bond donors (Lipinski definition) is 2. The predicted octanol–water partition coefficient (Wildman–Crippen LogP) is 2.91. The van der Waals surface area contributed by atoms with Gasteiger partial charge >= 0.3 is 0 Å². The molecule has 2 N–H and O–H groups in total. The van der Waals surface area contributed by atoms with Gasteiger partial charge in [0.15, 0.2) is 11.5 Å². The maximum atomic E-state index is 9.82. The summed E-state index contributed by atoms with van der Waals surface area (Å²) in [4.78, 5) is 0. The van der Waals surface area contributed by atoms with Gasteiger partial charge in [-0.2, -0.15) is 0 Å². The van der Waals surface area contributed by atoms with Crippen LogP contribution in [0.1, 0.15) is 44.7 Å². The zero-order chi connectivity index (χ0) is 15.0. The van der Waals surface area contributed by atoms with Crippen LogP contribution < -0.4 is 14.8 Å². The van der Waals surface area contributed by atoms with E-state index < -0.39 is 0 Å². The van der Waals surface area contributed by atoms with Crippen molar-refractivity contribution in [3.63, 3.8) is 0 Å². The highest BCUT2D eigenvalue weighted by Gasteiger charge is 2.13. The first-order chi connectivity index (χ1) is 9.65. The Balaban J connectivity index is 2.74. The van der Waals surface area contributed by atoms with E-state index in [1.165, 1.54) is 0 Å². The first-order valence-corrected chi connectivity index (χ1v) is 7.29. The van der Waals surface area contributed by atoms with E-state index in [0.717, 1.165) is 36.3 Å². The van der Waals surface area contributed by atoms with Crippen molar-refractivity contribution in [1.29, 1.82) is 0 Å². The van der Waals surface area contributed by atoms with Crippen molar-refractivity contribution in [2.75, 3.05) is 20.8 Å². The summed E-state index contributed by atoms with van der Waals surface area (Å²) in [5, 5.41) is 13.2. The molecule has 0 aliphatic heterocycles. The molecule has 2 atom stereocenters. The van der Waals surface area contributed by atoms with E-state index in [-0.39, 0.29) is 12.1 Å². The first kappa shape index (κ1) is 16.8. The van der Waals surface area contributed by atoms with Gasteiger partial charge in [-0.15, -0.1) is 0 Å². The highest BCUT2D eigenvalue weighted by molar-refractivity contribution is 5.43. The van der Waals surface area contributed by atoms with Crippen LogP contribution in [-0.4, -0.2) is 32.0 Å². The van der Waals surface area contributed by atoms with Crippen LogP contribution in [0.5, 0.6) is 11.5 Å². The largest absolute Gasteiger partial charge is 0.493 e. The molecular weight excluding hydrogens is 254 g/mol. The second-order valence-corrected chi connectivity index (χ2v) is 4.93. The van der Waals surface area contributed by atoms with E-state index in [9.17, 15) is 5.11 Å². The summed E-state index contributed by atoms with van der Waals surface area (Å²) in [6.07, 6.45) is 2.49. The number of aliphatic hydroxyl groups is 1. The molecule has 0 spiro atoms. The van der Waals surface area contributed by atoms with Gasteiger partial charge in [-0.25, -0.2) is 0 Å². The summed E-state index contributed by atoms with van der Waals surface area (Å²) in [7, 11) is 3.27. The zero-order valence-corrected chi connectivity index (χ0v) is 13.0. The van der Waals surface area contributed by atoms with Crippen molar-refractivity contribution in [3.05, 3.63) is 23.8 Å². The van der Waals surface area contributed by atoms with Gasteiger partial charge in [-0.05, 0) is 30.5 Å². The molecule has 20 heavy (non-hydrogen) atoms. The fraction of sp³-hybridized carbons (Fsp3) is 0.625. The number of ether oxygens (including phenoxy) is 2. The van der Waals surface area contributed by atoms with E-state index in [4.69, 9.17) is 9.47 Å². The average Bonchev–Trinajstić information content (AvgIpc) is 2.47. The van der Waals surface area contributed by atoms with E-state index >= 15 is 0 Å². The molecule has 114 valence electrons. The van der Waals surface area contributed by atoms with Gasteiger partial charge in [-0.1, -0.05) is 26.3 Å². The Morgan fingerprint density at radius 1 is 1.15 bits per heavy atom. The molecule has 0 aliphatic carbocycles. The third-order valence-corrected chi connectivity index (χ3v) is 3.44. The lowest BCUT2D eigenvalue weighted by Crippen LogP contribution is -2.30. The molecule has 0 heterocycles. The van der Waals surface area contributed by atoms with Gasteiger partial charge < -0.3 is 19.9 Å². The van der Waals surface area contributed by atoms with Crippen LogP contribution in [0.15, 0.2) is 18.2 Å². The van der Waals surface area contributed by atoms with E-state index in [2.05, 4.69) is 19.2 Å². The van der Waals surface area contributed by atoms with Gasteiger partial charge in [0.05, 0.1) is 20.3 Å². The van der Waals surface area contributed by atoms with Crippen molar-refractivity contribution >= 4 is 0 Å². The lowest BCUT2D eigenvalue weighted by molar-refractivity contribution is 0.156. The number of methoxy groups -OCH3 is 2. The molecule has 0 saturated carbocycles. The Bertz CT molecular complexity index is 395. The summed E-state index contributed by atoms with van der Waals surface area (Å²) in [6.45, 7) is 4.82. The number of rotatable bonds is 9. The topological polar surface area (TPSA) is 50.7 Å². The molecule has 0 fully saturated rings. The number of aliphatic hydroxyl groups excluding tert-OH is 1. The Morgan fingerprint density at radius 2 is 1.85 bits per heavy atom. The highest BCUT2D eigenvalue weighted by Crippen LogP contribution is 2.30. The van der Waals surface area contributed by atoms with Crippen molar-refractivity contribution in [2.45, 2.75) is 45.3 Å². The Morgan fingerprint density at radius 3 is 2.40 bits per heavy atom. The lowest BCUT2D eigenvalue weighted by Gasteiger charge is -2.21. The summed E-state index contributed by atoms with van der Waals surface area (Å²) >= 11 is 0. The van der Waals surface area contributed by atoms with Crippen LogP contribution in [0.3, 0.4) is 0 Å². The monoisotopic (exact) mass is 281 g/mol. The SMILES string of the molecule is CCCC(O)CNC(CC)c1ccc(OC)c(OC)c1. The van der Waals surface area contributed by atoms with E-state index in [0.29, 0.717) is 6.54 Å². The Hall–Kier alpha value is -1.26. The van der Waals surface area contributed by atoms with Gasteiger partial charge in [0.1, 0.15) is 0 Å². The summed E-state index contributed by atoms with van der Waals surface area (Å²) in [6, 6.07) is 6.16. The summed E-state index contributed by atoms with van der Waals surface area (Å²) < 4.78 is 10.6. The minimum atomic E-state index is -0.283. The van der Waals surface area contributed by atoms with E-state index in [1.54, 1.807) is 14.2 Å². The molecule has 4 heteroatoms. The summed E-state index contributed by atoms with van der Waals surface area (Å²) in [5.74, 6) is 1.47. The van der Waals surface area contributed by atoms with Crippen LogP contribution in [0.4, 0.5) is 0 Å². The molecule has 0 saturated heterocycles. The smallest absolute Gasteiger partial charge is 0.161 e. The minimum absolute atomic E-state index is 0.210. The van der Waals surface area contributed by atoms with Crippen LogP contribution in [0.25, 0.3) is 0 Å². The van der Waals surface area contributed by atoms with Crippen LogP contribution in [0.2, 0.25) is 0 Å². The Labute approximate surface area is 122 Å². The lowest BCUT2D eigenvalue weighted by atomic mass is 10.0. The molecule has 0 bridgehead atoms. The van der Waals surface area contributed by atoms with Gasteiger partial charge in [-0.3, -0.25) is 0 Å². The quantitative estimate of drug-likeness (QED) is 0.731. The third-order valence-electron chi connectivity index (χ3n) is 3.44. The van der Waals surface area contributed by atoms with Crippen molar-refractivity contribution < 1.29 is 14.6 Å². The number of hydrogen-bond acceptors (Lipinski definition) is 4. The fourth-order valence-corrected chi connectivity index (χ4v) is 2.28. The van der Waals surface area contributed by atoms with Gasteiger partial charge in [0.25, 0.3) is 0 Å². The zero-order valence-electron chi connectivity index (χ0n) is 13.0. The van der Waals surface area contributed by atoms with Gasteiger partial charge in [0, 0.05) is 12.6 Å². The second-order valence-electron chi connectivity index (χ2n) is 4.93. The maximum absolute atomic E-state index is 9.82. The standard InChI is InChI=1S/C16H27NO3/c1-5-7-13(18)11-17-14(6-2)12-8-9-15(19-3)16(10-12)20-4/h8-10,13-14,17-18H,5-7,11H2,1-4H3. The molecule has 0 aromatic heterocycles. The molecule has 1 aromatic rings. The molecule has 2 unspecified atom stereocenters. The maximum Gasteiger partial charge on any atom is 0.161 e. The first-order valence-electron chi connectivity index (χ1n) is 7.29. The van der Waals surface area contributed by atoms with Gasteiger partial charge in [0.2, 0.25) is 0 Å². The fourth-order valence-electron chi connectivity index (χ4n) is 2.28. The second kappa shape index (κ2) is 8.82. The van der Waals surface area contributed by atoms with Crippen molar-refractivity contribution in [3.8, 4) is 11.5 Å². The summed E-state index contributed by atoms with van der Waals surface area (Å²) in [5.41, 5.74) is 1.15. The number of benzene rings is 1. The normalized spacial score (nSPS) is 13.8. The molecule has 4 nitrogen and oxygen atoms in total. The Kier molecular flexibility index (Phi) is 7.41. The van der Waals surface area contributed by atoms with Crippen LogP contribution in [-0.2, 0) is 0 Å². The molecule has 1 aromatic carbocycles. The van der Waals surface area contributed by atoms with Crippen molar-refractivity contribution in [1.82, 2.24) is 5.32 Å². The molecule has 1 rings (SSSR count). The third kappa shape index (κ3) is 4.69. The van der Waals surface area contributed by atoms with Crippen LogP contribution >= 0.6 is 0 Å². The molecule has 0 aliphatic rings. The van der Waals surface area contributed by atoms with Crippen molar-refractivity contribution in [2.24, 2.45) is 0 Å². The average molecular weight is 281 g/mol. The van der Waals surface area contributed by atoms with E-state index in [1.807, 2.05) is 18.2 Å². The molecule has 0 amide bonds. The highest BCUT2D eigenvalue weighted by atomic mass is 16.5. The predicted molar refractivity (Wildman–Crippen MR) is 81.5 cm³/mol. The number of nitrogens with one attached hydrogen (secondary N) is 1. The molecular formula is C16H27NO3. The minimum Gasteiger partial charge on any atom is -0.493 e.